The van der Waals surface area contributed by atoms with Gasteiger partial charge in [0.2, 0.25) is 0 Å². The van der Waals surface area contributed by atoms with Gasteiger partial charge in [0.05, 0.1) is 18.4 Å². The number of thiazole rings is 1. The first-order valence-electron chi connectivity index (χ1n) is 4.84. The number of aliphatic hydroxyl groups is 1. The second-order valence-corrected chi connectivity index (χ2v) is 5.60. The molecule has 1 rings (SSSR count). The van der Waals surface area contributed by atoms with Gasteiger partial charge in [-0.3, -0.25) is 0 Å². The Hall–Kier alpha value is -0.740. The zero-order chi connectivity index (χ0) is 12.9. The molecular formula is C8H15N3O4S2. The Morgan fingerprint density at radius 3 is 2.88 bits per heavy atom. The number of nitrogens with zero attached hydrogens (tertiary/aromatic N) is 1. The number of hydrogen-bond acceptors (Lipinski definition) is 6. The van der Waals surface area contributed by atoms with E-state index < -0.39 is 16.3 Å². The molecular weight excluding hydrogens is 266 g/mol. The Bertz CT molecular complexity index is 443. The van der Waals surface area contributed by atoms with Crippen LogP contribution in [-0.2, 0) is 14.9 Å². The van der Waals surface area contributed by atoms with E-state index in [4.69, 9.17) is 4.74 Å². The Balaban J connectivity index is 2.57. The average Bonchev–Trinajstić information content (AvgIpc) is 2.65. The van der Waals surface area contributed by atoms with E-state index in [-0.39, 0.29) is 18.3 Å². The lowest BCUT2D eigenvalue weighted by Crippen LogP contribution is -2.32. The van der Waals surface area contributed by atoms with Crippen LogP contribution in [0.4, 0.5) is 5.13 Å². The number of aromatic nitrogens is 1. The molecule has 0 spiro atoms. The molecule has 0 amide bonds. The Labute approximate surface area is 104 Å². The Morgan fingerprint density at radius 2 is 2.35 bits per heavy atom. The molecule has 0 aliphatic carbocycles. The van der Waals surface area contributed by atoms with E-state index in [1.165, 1.54) is 7.11 Å². The molecule has 7 nitrogen and oxygen atoms in total. The van der Waals surface area contributed by atoms with Gasteiger partial charge in [0, 0.05) is 19.0 Å². The maximum Gasteiger partial charge on any atom is 0.300 e. The number of aliphatic hydroxyl groups excluding tert-OH is 1. The van der Waals surface area contributed by atoms with Gasteiger partial charge in [-0.25, -0.2) is 9.71 Å². The number of anilines is 1. The van der Waals surface area contributed by atoms with Crippen LogP contribution in [-0.4, -0.2) is 38.8 Å². The minimum atomic E-state index is -3.63. The summed E-state index contributed by atoms with van der Waals surface area (Å²) in [6, 6.07) is 0. The number of rotatable bonds is 7. The zero-order valence-electron chi connectivity index (χ0n) is 9.50. The third kappa shape index (κ3) is 4.96. The number of methoxy groups -OCH3 is 1. The summed E-state index contributed by atoms with van der Waals surface area (Å²) < 4.78 is 32.2. The lowest BCUT2D eigenvalue weighted by Gasteiger charge is -2.06. The first-order chi connectivity index (χ1) is 7.94. The van der Waals surface area contributed by atoms with Crippen molar-refractivity contribution in [3.05, 3.63) is 11.1 Å². The SMILES string of the molecule is COCCNS(=O)(=O)Nc1nc(C(C)O)cs1. The fourth-order valence-corrected chi connectivity index (χ4v) is 2.82. The summed E-state index contributed by atoms with van der Waals surface area (Å²) >= 11 is 1.11. The topological polar surface area (TPSA) is 101 Å². The Kier molecular flexibility index (Phi) is 5.28. The van der Waals surface area contributed by atoms with Crippen molar-refractivity contribution in [1.82, 2.24) is 9.71 Å². The summed E-state index contributed by atoms with van der Waals surface area (Å²) in [6.45, 7) is 2.03. The summed E-state index contributed by atoms with van der Waals surface area (Å²) in [5.74, 6) is 0. The van der Waals surface area contributed by atoms with Gasteiger partial charge in [0.15, 0.2) is 5.13 Å². The van der Waals surface area contributed by atoms with Gasteiger partial charge in [-0.05, 0) is 6.92 Å². The molecule has 0 saturated heterocycles. The molecule has 0 aliphatic rings. The molecule has 3 N–H and O–H groups in total. The standard InChI is InChI=1S/C8H15N3O4S2/c1-6(12)7-5-16-8(10-7)11-17(13,14)9-3-4-15-2/h5-6,9,12H,3-4H2,1-2H3,(H,10,11). The van der Waals surface area contributed by atoms with Crippen molar-refractivity contribution in [2.24, 2.45) is 0 Å². The molecule has 0 radical (unpaired) electrons. The van der Waals surface area contributed by atoms with Crippen molar-refractivity contribution in [1.29, 1.82) is 0 Å². The molecule has 17 heavy (non-hydrogen) atoms. The van der Waals surface area contributed by atoms with E-state index in [1.54, 1.807) is 12.3 Å². The highest BCUT2D eigenvalue weighted by atomic mass is 32.2. The molecule has 0 fully saturated rings. The second kappa shape index (κ2) is 6.26. The van der Waals surface area contributed by atoms with E-state index in [1.807, 2.05) is 0 Å². The van der Waals surface area contributed by atoms with Crippen molar-refractivity contribution in [3.8, 4) is 0 Å². The van der Waals surface area contributed by atoms with E-state index in [2.05, 4.69) is 14.4 Å². The van der Waals surface area contributed by atoms with Crippen molar-refractivity contribution >= 4 is 26.7 Å². The molecule has 1 unspecified atom stereocenters. The average molecular weight is 281 g/mol. The predicted octanol–water partition coefficient (Wildman–Crippen LogP) is 0.0891. The highest BCUT2D eigenvalue weighted by molar-refractivity contribution is 7.91. The van der Waals surface area contributed by atoms with Gasteiger partial charge in [-0.15, -0.1) is 11.3 Å². The van der Waals surface area contributed by atoms with Gasteiger partial charge in [0.25, 0.3) is 0 Å². The second-order valence-electron chi connectivity index (χ2n) is 3.25. The minimum absolute atomic E-state index is 0.181. The summed E-state index contributed by atoms with van der Waals surface area (Å²) in [5.41, 5.74) is 0.435. The molecule has 1 aromatic heterocycles. The van der Waals surface area contributed by atoms with Gasteiger partial charge in [0.1, 0.15) is 0 Å². The summed E-state index contributed by atoms with van der Waals surface area (Å²) in [4.78, 5) is 3.93. The predicted molar refractivity (Wildman–Crippen MR) is 65.2 cm³/mol. The van der Waals surface area contributed by atoms with Crippen LogP contribution in [0, 0.1) is 0 Å². The van der Waals surface area contributed by atoms with Crippen molar-refractivity contribution in [3.63, 3.8) is 0 Å². The first-order valence-corrected chi connectivity index (χ1v) is 7.20. The van der Waals surface area contributed by atoms with E-state index >= 15 is 0 Å². The number of hydrogen-bond donors (Lipinski definition) is 3. The molecule has 0 aliphatic heterocycles. The number of nitrogens with one attached hydrogen (secondary N) is 2. The Morgan fingerprint density at radius 1 is 1.65 bits per heavy atom. The first kappa shape index (κ1) is 14.3. The fourth-order valence-electron chi connectivity index (χ4n) is 0.954. The van der Waals surface area contributed by atoms with Crippen LogP contribution in [0.15, 0.2) is 5.38 Å². The van der Waals surface area contributed by atoms with Crippen LogP contribution in [0.2, 0.25) is 0 Å². The quantitative estimate of drug-likeness (QED) is 0.615. The minimum Gasteiger partial charge on any atom is -0.387 e. The van der Waals surface area contributed by atoms with Crippen LogP contribution in [0.25, 0.3) is 0 Å². The van der Waals surface area contributed by atoms with Gasteiger partial charge in [-0.2, -0.15) is 13.1 Å². The molecule has 1 atom stereocenters. The maximum absolute atomic E-state index is 11.5. The largest absolute Gasteiger partial charge is 0.387 e. The molecule has 0 saturated carbocycles. The number of ether oxygens (including phenoxy) is 1. The lowest BCUT2D eigenvalue weighted by molar-refractivity contribution is 0.195. The fraction of sp³-hybridized carbons (Fsp3) is 0.625. The van der Waals surface area contributed by atoms with Crippen LogP contribution in [0.5, 0.6) is 0 Å². The van der Waals surface area contributed by atoms with Crippen LogP contribution in [0.1, 0.15) is 18.7 Å². The highest BCUT2D eigenvalue weighted by Gasteiger charge is 2.13. The van der Waals surface area contributed by atoms with Gasteiger partial charge >= 0.3 is 10.2 Å². The third-order valence-corrected chi connectivity index (χ3v) is 3.72. The summed E-state index contributed by atoms with van der Waals surface area (Å²) in [5, 5.41) is 11.1. The van der Waals surface area contributed by atoms with Crippen LogP contribution in [0.3, 0.4) is 0 Å². The molecule has 9 heteroatoms. The van der Waals surface area contributed by atoms with Crippen molar-refractivity contribution in [2.45, 2.75) is 13.0 Å². The van der Waals surface area contributed by atoms with Crippen molar-refractivity contribution < 1.29 is 18.3 Å². The molecule has 98 valence electrons. The maximum atomic E-state index is 11.5. The third-order valence-electron chi connectivity index (χ3n) is 1.77. The zero-order valence-corrected chi connectivity index (χ0v) is 11.1. The monoisotopic (exact) mass is 281 g/mol. The van der Waals surface area contributed by atoms with E-state index in [0.29, 0.717) is 5.69 Å². The molecule has 0 bridgehead atoms. The van der Waals surface area contributed by atoms with Gasteiger partial charge in [-0.1, -0.05) is 0 Å². The molecule has 1 aromatic rings. The smallest absolute Gasteiger partial charge is 0.300 e. The van der Waals surface area contributed by atoms with Crippen LogP contribution >= 0.6 is 11.3 Å². The van der Waals surface area contributed by atoms with E-state index in [9.17, 15) is 13.5 Å². The highest BCUT2D eigenvalue weighted by Crippen LogP contribution is 2.20. The molecule has 0 aromatic carbocycles. The molecule has 1 heterocycles. The summed E-state index contributed by atoms with van der Waals surface area (Å²) in [6.07, 6.45) is -0.717. The van der Waals surface area contributed by atoms with Gasteiger partial charge < -0.3 is 9.84 Å². The van der Waals surface area contributed by atoms with E-state index in [0.717, 1.165) is 11.3 Å². The van der Waals surface area contributed by atoms with Crippen molar-refractivity contribution in [2.75, 3.05) is 25.0 Å². The van der Waals surface area contributed by atoms with Crippen LogP contribution < -0.4 is 9.44 Å². The summed E-state index contributed by atoms with van der Waals surface area (Å²) in [7, 11) is -2.15. The lowest BCUT2D eigenvalue weighted by atomic mass is 10.3. The normalized spacial score (nSPS) is 13.6.